The summed E-state index contributed by atoms with van der Waals surface area (Å²) in [6, 6.07) is 5.68. The molecule has 0 atom stereocenters. The van der Waals surface area contributed by atoms with Crippen LogP contribution in [-0.2, 0) is 7.05 Å². The lowest BCUT2D eigenvalue weighted by Crippen LogP contribution is -1.99. The van der Waals surface area contributed by atoms with E-state index in [0.29, 0.717) is 11.1 Å². The van der Waals surface area contributed by atoms with E-state index in [1.54, 1.807) is 11.7 Å². The van der Waals surface area contributed by atoms with Crippen LogP contribution in [0, 0.1) is 0 Å². The number of benzene rings is 1. The van der Waals surface area contributed by atoms with Crippen LogP contribution in [0.5, 0.6) is 5.75 Å². The number of hydrogen-bond acceptors (Lipinski definition) is 3. The fraction of sp³-hybridized carbons (Fsp3) is 0.182. The van der Waals surface area contributed by atoms with Gasteiger partial charge in [0, 0.05) is 17.1 Å². The van der Waals surface area contributed by atoms with E-state index in [2.05, 4.69) is 20.9 Å². The summed E-state index contributed by atoms with van der Waals surface area (Å²) < 4.78 is 7.98. The van der Waals surface area contributed by atoms with E-state index in [-0.39, 0.29) is 0 Å². The SMILES string of the molecule is COc1ccc(Br)cc1-c1c(Cl)nc(N)n1C. The van der Waals surface area contributed by atoms with Crippen LogP contribution in [0.4, 0.5) is 5.95 Å². The first-order valence-corrected chi connectivity index (χ1v) is 6.03. The molecule has 0 fully saturated rings. The molecule has 0 aliphatic heterocycles. The number of nitrogens with zero attached hydrogens (tertiary/aromatic N) is 2. The van der Waals surface area contributed by atoms with Gasteiger partial charge in [-0.3, -0.25) is 0 Å². The predicted octanol–water partition coefficient (Wildman–Crippen LogP) is 3.09. The largest absolute Gasteiger partial charge is 0.496 e. The van der Waals surface area contributed by atoms with Crippen LogP contribution >= 0.6 is 27.5 Å². The summed E-state index contributed by atoms with van der Waals surface area (Å²) in [6.45, 7) is 0. The summed E-state index contributed by atoms with van der Waals surface area (Å²) in [5.41, 5.74) is 7.31. The molecule has 1 aromatic heterocycles. The molecule has 0 saturated carbocycles. The van der Waals surface area contributed by atoms with E-state index in [0.717, 1.165) is 21.5 Å². The highest BCUT2D eigenvalue weighted by Crippen LogP contribution is 2.37. The molecule has 0 aliphatic carbocycles. The molecule has 2 aromatic rings. The fourth-order valence-corrected chi connectivity index (χ4v) is 2.31. The Hall–Kier alpha value is -1.20. The van der Waals surface area contributed by atoms with E-state index in [1.165, 1.54) is 0 Å². The van der Waals surface area contributed by atoms with Crippen molar-refractivity contribution in [1.82, 2.24) is 9.55 Å². The molecule has 0 amide bonds. The number of aromatic nitrogens is 2. The maximum atomic E-state index is 6.08. The van der Waals surface area contributed by atoms with E-state index in [1.807, 2.05) is 25.2 Å². The molecule has 0 aliphatic rings. The van der Waals surface area contributed by atoms with E-state index < -0.39 is 0 Å². The topological polar surface area (TPSA) is 53.1 Å². The number of imidazole rings is 1. The quantitative estimate of drug-likeness (QED) is 0.926. The third-order valence-corrected chi connectivity index (χ3v) is 3.26. The van der Waals surface area contributed by atoms with Crippen molar-refractivity contribution in [2.45, 2.75) is 0 Å². The molecule has 0 bridgehead atoms. The van der Waals surface area contributed by atoms with Gasteiger partial charge in [-0.15, -0.1) is 0 Å². The van der Waals surface area contributed by atoms with Crippen molar-refractivity contribution >= 4 is 33.5 Å². The van der Waals surface area contributed by atoms with Gasteiger partial charge in [-0.05, 0) is 18.2 Å². The molecule has 17 heavy (non-hydrogen) atoms. The maximum Gasteiger partial charge on any atom is 0.201 e. The number of nitrogens with two attached hydrogens (primary N) is 1. The second-order valence-corrected chi connectivity index (χ2v) is 4.79. The first kappa shape index (κ1) is 12.3. The lowest BCUT2D eigenvalue weighted by molar-refractivity contribution is 0.416. The predicted molar refractivity (Wildman–Crippen MR) is 72.3 cm³/mol. The highest BCUT2D eigenvalue weighted by molar-refractivity contribution is 9.10. The van der Waals surface area contributed by atoms with Gasteiger partial charge in [-0.2, -0.15) is 0 Å². The van der Waals surface area contributed by atoms with Gasteiger partial charge < -0.3 is 15.0 Å². The summed E-state index contributed by atoms with van der Waals surface area (Å²) in [5, 5.41) is 0.362. The van der Waals surface area contributed by atoms with Gasteiger partial charge in [0.2, 0.25) is 5.95 Å². The Labute approximate surface area is 112 Å². The number of methoxy groups -OCH3 is 1. The number of hydrogen-bond donors (Lipinski definition) is 1. The third kappa shape index (κ3) is 2.12. The van der Waals surface area contributed by atoms with Gasteiger partial charge in [-0.1, -0.05) is 27.5 Å². The molecule has 90 valence electrons. The van der Waals surface area contributed by atoms with E-state index in [9.17, 15) is 0 Å². The minimum Gasteiger partial charge on any atom is -0.496 e. The van der Waals surface area contributed by atoms with Crippen molar-refractivity contribution in [3.63, 3.8) is 0 Å². The van der Waals surface area contributed by atoms with Crippen LogP contribution in [0.15, 0.2) is 22.7 Å². The zero-order valence-corrected chi connectivity index (χ0v) is 11.7. The van der Waals surface area contributed by atoms with Crippen molar-refractivity contribution < 1.29 is 4.74 Å². The first-order valence-electron chi connectivity index (χ1n) is 4.86. The second kappa shape index (κ2) is 4.58. The normalized spacial score (nSPS) is 10.6. The average Bonchev–Trinajstić information content (AvgIpc) is 2.53. The summed E-state index contributed by atoms with van der Waals surface area (Å²) in [5.74, 6) is 1.09. The van der Waals surface area contributed by atoms with Crippen molar-refractivity contribution in [3.8, 4) is 17.0 Å². The number of nitrogen functional groups attached to an aromatic ring is 1. The van der Waals surface area contributed by atoms with E-state index >= 15 is 0 Å². The smallest absolute Gasteiger partial charge is 0.201 e. The maximum absolute atomic E-state index is 6.08. The Morgan fingerprint density at radius 1 is 1.47 bits per heavy atom. The fourth-order valence-electron chi connectivity index (χ4n) is 1.64. The Balaban J connectivity index is 2.71. The molecule has 0 saturated heterocycles. The molecule has 4 nitrogen and oxygen atoms in total. The minimum atomic E-state index is 0.362. The average molecular weight is 317 g/mol. The summed E-state index contributed by atoms with van der Waals surface area (Å²) in [4.78, 5) is 4.03. The highest BCUT2D eigenvalue weighted by Gasteiger charge is 2.17. The Morgan fingerprint density at radius 3 is 2.71 bits per heavy atom. The Kier molecular flexibility index (Phi) is 3.31. The van der Waals surface area contributed by atoms with Crippen LogP contribution in [0.1, 0.15) is 0 Å². The number of ether oxygens (including phenoxy) is 1. The molecule has 2 rings (SSSR count). The molecule has 0 radical (unpaired) electrons. The first-order chi connectivity index (χ1) is 8.04. The zero-order chi connectivity index (χ0) is 12.6. The molecule has 6 heteroatoms. The molecule has 1 aromatic carbocycles. The summed E-state index contributed by atoms with van der Waals surface area (Å²) in [6.07, 6.45) is 0. The van der Waals surface area contributed by atoms with Crippen LogP contribution in [0.25, 0.3) is 11.3 Å². The standard InChI is InChI=1S/C11H11BrClN3O/c1-16-9(10(13)15-11(16)14)7-5-6(12)3-4-8(7)17-2/h3-5H,1-2H3,(H2,14,15). The lowest BCUT2D eigenvalue weighted by atomic mass is 10.1. The second-order valence-electron chi connectivity index (χ2n) is 3.51. The summed E-state index contributed by atoms with van der Waals surface area (Å²) in [7, 11) is 3.42. The van der Waals surface area contributed by atoms with Gasteiger partial charge in [0.25, 0.3) is 0 Å². The lowest BCUT2D eigenvalue weighted by Gasteiger charge is -2.10. The Morgan fingerprint density at radius 2 is 2.18 bits per heavy atom. The third-order valence-electron chi connectivity index (χ3n) is 2.50. The Bertz CT molecular complexity index is 568. The number of halogens is 2. The van der Waals surface area contributed by atoms with Gasteiger partial charge >= 0.3 is 0 Å². The van der Waals surface area contributed by atoms with Crippen molar-refractivity contribution in [2.24, 2.45) is 7.05 Å². The van der Waals surface area contributed by atoms with Gasteiger partial charge in [0.15, 0.2) is 5.15 Å². The van der Waals surface area contributed by atoms with Crippen LogP contribution < -0.4 is 10.5 Å². The summed E-state index contributed by atoms with van der Waals surface area (Å²) >= 11 is 9.50. The molecular weight excluding hydrogens is 305 g/mol. The van der Waals surface area contributed by atoms with Crippen molar-refractivity contribution in [1.29, 1.82) is 0 Å². The molecule has 0 spiro atoms. The van der Waals surface area contributed by atoms with Crippen LogP contribution in [0.3, 0.4) is 0 Å². The van der Waals surface area contributed by atoms with Crippen molar-refractivity contribution in [2.75, 3.05) is 12.8 Å². The zero-order valence-electron chi connectivity index (χ0n) is 9.37. The monoisotopic (exact) mass is 315 g/mol. The molecule has 2 N–H and O–H groups in total. The number of anilines is 1. The van der Waals surface area contributed by atoms with Crippen LogP contribution in [-0.4, -0.2) is 16.7 Å². The molecule has 0 unspecified atom stereocenters. The highest BCUT2D eigenvalue weighted by atomic mass is 79.9. The molecule has 1 heterocycles. The van der Waals surface area contributed by atoms with Crippen molar-refractivity contribution in [3.05, 3.63) is 27.8 Å². The van der Waals surface area contributed by atoms with Gasteiger partial charge in [0.1, 0.15) is 5.75 Å². The van der Waals surface area contributed by atoms with Gasteiger partial charge in [-0.25, -0.2) is 4.98 Å². The van der Waals surface area contributed by atoms with Gasteiger partial charge in [0.05, 0.1) is 12.8 Å². The number of rotatable bonds is 2. The van der Waals surface area contributed by atoms with E-state index in [4.69, 9.17) is 22.1 Å². The van der Waals surface area contributed by atoms with Crippen LogP contribution in [0.2, 0.25) is 5.15 Å². The molecular formula is C11H11BrClN3O. The minimum absolute atomic E-state index is 0.362.